The van der Waals surface area contributed by atoms with Crippen molar-refractivity contribution in [2.45, 2.75) is 26.8 Å². The SMILES string of the molecule is CC1(C)CC1CNCc1cc(Cl)cc(Cl)c1. The van der Waals surface area contributed by atoms with Gasteiger partial charge in [-0.1, -0.05) is 37.0 Å². The second-order valence-corrected chi connectivity index (χ2v) is 6.17. The topological polar surface area (TPSA) is 12.0 Å². The van der Waals surface area contributed by atoms with Gasteiger partial charge in [0.05, 0.1) is 0 Å². The lowest BCUT2D eigenvalue weighted by atomic mass is 10.1. The highest BCUT2D eigenvalue weighted by Crippen LogP contribution is 2.50. The van der Waals surface area contributed by atoms with Gasteiger partial charge in [-0.25, -0.2) is 0 Å². The molecule has 0 bridgehead atoms. The summed E-state index contributed by atoms with van der Waals surface area (Å²) < 4.78 is 0. The molecule has 0 spiro atoms. The van der Waals surface area contributed by atoms with Crippen molar-refractivity contribution in [2.24, 2.45) is 11.3 Å². The Labute approximate surface area is 107 Å². The molecule has 0 radical (unpaired) electrons. The zero-order valence-electron chi connectivity index (χ0n) is 9.69. The summed E-state index contributed by atoms with van der Waals surface area (Å²) in [5.74, 6) is 0.821. The molecule has 0 amide bonds. The molecule has 1 aromatic carbocycles. The van der Waals surface area contributed by atoms with Gasteiger partial charge in [-0.2, -0.15) is 0 Å². The van der Waals surface area contributed by atoms with Crippen LogP contribution in [0.2, 0.25) is 10.0 Å². The fraction of sp³-hybridized carbons (Fsp3) is 0.538. The molecule has 1 atom stereocenters. The molecule has 1 aliphatic rings. The molecule has 1 fully saturated rings. The average Bonchev–Trinajstić information content (AvgIpc) is 2.72. The molecule has 0 saturated heterocycles. The van der Waals surface area contributed by atoms with Crippen molar-refractivity contribution in [1.29, 1.82) is 0 Å². The first-order valence-electron chi connectivity index (χ1n) is 5.63. The maximum absolute atomic E-state index is 5.94. The van der Waals surface area contributed by atoms with Gasteiger partial charge in [0.25, 0.3) is 0 Å². The van der Waals surface area contributed by atoms with Crippen LogP contribution in [0, 0.1) is 11.3 Å². The van der Waals surface area contributed by atoms with Crippen LogP contribution in [0.25, 0.3) is 0 Å². The summed E-state index contributed by atoms with van der Waals surface area (Å²) in [6, 6.07) is 5.67. The van der Waals surface area contributed by atoms with Crippen LogP contribution in [0.1, 0.15) is 25.8 Å². The molecule has 1 saturated carbocycles. The van der Waals surface area contributed by atoms with Gasteiger partial charge in [-0.05, 0) is 48.1 Å². The second-order valence-electron chi connectivity index (χ2n) is 5.30. The molecule has 1 aromatic rings. The van der Waals surface area contributed by atoms with E-state index < -0.39 is 0 Å². The molecule has 1 aliphatic carbocycles. The normalized spacial score (nSPS) is 22.1. The number of halogens is 2. The molecule has 2 rings (SSSR count). The highest BCUT2D eigenvalue weighted by molar-refractivity contribution is 6.34. The Bertz CT molecular complexity index is 367. The summed E-state index contributed by atoms with van der Waals surface area (Å²) in [4.78, 5) is 0. The Hall–Kier alpha value is -0.240. The highest BCUT2D eigenvalue weighted by atomic mass is 35.5. The predicted octanol–water partition coefficient (Wildman–Crippen LogP) is 4.13. The Kier molecular flexibility index (Phi) is 3.48. The lowest BCUT2D eigenvalue weighted by molar-refractivity contribution is 0.519. The van der Waals surface area contributed by atoms with Crippen LogP contribution in [0.4, 0.5) is 0 Å². The van der Waals surface area contributed by atoms with Gasteiger partial charge >= 0.3 is 0 Å². The van der Waals surface area contributed by atoms with E-state index in [1.165, 1.54) is 6.42 Å². The first-order valence-corrected chi connectivity index (χ1v) is 6.39. The van der Waals surface area contributed by atoms with E-state index in [-0.39, 0.29) is 0 Å². The monoisotopic (exact) mass is 257 g/mol. The van der Waals surface area contributed by atoms with Gasteiger partial charge in [0, 0.05) is 16.6 Å². The van der Waals surface area contributed by atoms with Crippen molar-refractivity contribution in [3.05, 3.63) is 33.8 Å². The van der Waals surface area contributed by atoms with Crippen LogP contribution < -0.4 is 5.32 Å². The highest BCUT2D eigenvalue weighted by Gasteiger charge is 2.44. The standard InChI is InChI=1S/C13H17Cl2N/c1-13(2)6-10(13)8-16-7-9-3-11(14)5-12(15)4-9/h3-5,10,16H,6-8H2,1-2H3. The van der Waals surface area contributed by atoms with Crippen molar-refractivity contribution >= 4 is 23.2 Å². The third-order valence-electron chi connectivity index (χ3n) is 3.36. The zero-order chi connectivity index (χ0) is 11.8. The van der Waals surface area contributed by atoms with Gasteiger partial charge < -0.3 is 5.32 Å². The van der Waals surface area contributed by atoms with E-state index in [2.05, 4.69) is 19.2 Å². The predicted molar refractivity (Wildman–Crippen MR) is 70.1 cm³/mol. The molecule has 1 nitrogen and oxygen atoms in total. The number of rotatable bonds is 4. The second kappa shape index (κ2) is 4.56. The molecule has 0 heterocycles. The quantitative estimate of drug-likeness (QED) is 0.856. The summed E-state index contributed by atoms with van der Waals surface area (Å²) >= 11 is 11.9. The summed E-state index contributed by atoms with van der Waals surface area (Å²) in [7, 11) is 0. The van der Waals surface area contributed by atoms with Crippen molar-refractivity contribution in [3.63, 3.8) is 0 Å². The maximum atomic E-state index is 5.94. The van der Waals surface area contributed by atoms with Gasteiger partial charge in [0.2, 0.25) is 0 Å². The summed E-state index contributed by atoms with van der Waals surface area (Å²) in [5.41, 5.74) is 1.69. The summed E-state index contributed by atoms with van der Waals surface area (Å²) in [5, 5.41) is 4.87. The fourth-order valence-corrected chi connectivity index (χ4v) is 2.60. The lowest BCUT2D eigenvalue weighted by Crippen LogP contribution is -2.18. The van der Waals surface area contributed by atoms with Crippen molar-refractivity contribution in [1.82, 2.24) is 5.32 Å². The first-order chi connectivity index (χ1) is 7.47. The average molecular weight is 258 g/mol. The number of benzene rings is 1. The minimum absolute atomic E-state index is 0.541. The molecule has 88 valence electrons. The molecule has 0 aliphatic heterocycles. The first kappa shape index (κ1) is 12.2. The molecule has 3 heteroatoms. The van der Waals surface area contributed by atoms with Gasteiger partial charge in [-0.15, -0.1) is 0 Å². The minimum atomic E-state index is 0.541. The Morgan fingerprint density at radius 2 is 1.81 bits per heavy atom. The number of hydrogen-bond donors (Lipinski definition) is 1. The fourth-order valence-electron chi connectivity index (χ4n) is 2.03. The van der Waals surface area contributed by atoms with Gasteiger partial charge in [-0.3, -0.25) is 0 Å². The smallest absolute Gasteiger partial charge is 0.0424 e. The van der Waals surface area contributed by atoms with E-state index >= 15 is 0 Å². The van der Waals surface area contributed by atoms with Crippen molar-refractivity contribution in [2.75, 3.05) is 6.54 Å². The number of nitrogens with one attached hydrogen (secondary N) is 1. The molecular weight excluding hydrogens is 241 g/mol. The summed E-state index contributed by atoms with van der Waals surface area (Å²) in [6.07, 6.45) is 1.33. The van der Waals surface area contributed by atoms with Crippen molar-refractivity contribution < 1.29 is 0 Å². The van der Waals surface area contributed by atoms with Crippen molar-refractivity contribution in [3.8, 4) is 0 Å². The van der Waals surface area contributed by atoms with Crippen LogP contribution in [0.3, 0.4) is 0 Å². The van der Waals surface area contributed by atoms with E-state index in [1.807, 2.05) is 12.1 Å². The molecular formula is C13H17Cl2N. The van der Waals surface area contributed by atoms with Crippen LogP contribution in [-0.2, 0) is 6.54 Å². The lowest BCUT2D eigenvalue weighted by Gasteiger charge is -2.07. The van der Waals surface area contributed by atoms with Crippen LogP contribution in [0.5, 0.6) is 0 Å². The van der Waals surface area contributed by atoms with E-state index in [1.54, 1.807) is 6.07 Å². The Balaban J connectivity index is 1.81. The molecule has 1 N–H and O–H groups in total. The Morgan fingerprint density at radius 3 is 2.31 bits per heavy atom. The zero-order valence-corrected chi connectivity index (χ0v) is 11.2. The van der Waals surface area contributed by atoms with Crippen LogP contribution >= 0.6 is 23.2 Å². The molecule has 16 heavy (non-hydrogen) atoms. The molecule has 1 unspecified atom stereocenters. The molecule has 0 aromatic heterocycles. The van der Waals surface area contributed by atoms with E-state index in [4.69, 9.17) is 23.2 Å². The van der Waals surface area contributed by atoms with E-state index in [0.29, 0.717) is 15.5 Å². The minimum Gasteiger partial charge on any atom is -0.312 e. The van der Waals surface area contributed by atoms with E-state index in [0.717, 1.165) is 24.6 Å². The maximum Gasteiger partial charge on any atom is 0.0424 e. The third kappa shape index (κ3) is 3.13. The van der Waals surface area contributed by atoms with Crippen LogP contribution in [-0.4, -0.2) is 6.54 Å². The summed E-state index contributed by atoms with van der Waals surface area (Å²) in [6.45, 7) is 6.55. The number of hydrogen-bond acceptors (Lipinski definition) is 1. The Morgan fingerprint density at radius 1 is 1.25 bits per heavy atom. The van der Waals surface area contributed by atoms with Gasteiger partial charge in [0.15, 0.2) is 0 Å². The van der Waals surface area contributed by atoms with E-state index in [9.17, 15) is 0 Å². The van der Waals surface area contributed by atoms with Crippen LogP contribution in [0.15, 0.2) is 18.2 Å². The third-order valence-corrected chi connectivity index (χ3v) is 3.80. The largest absolute Gasteiger partial charge is 0.312 e. The van der Waals surface area contributed by atoms with Gasteiger partial charge in [0.1, 0.15) is 0 Å².